The zero-order chi connectivity index (χ0) is 20.5. The summed E-state index contributed by atoms with van der Waals surface area (Å²) in [6.07, 6.45) is 1.33. The molecule has 1 aliphatic heterocycles. The van der Waals surface area contributed by atoms with Crippen LogP contribution in [0.3, 0.4) is 0 Å². The number of anilines is 1. The molecule has 0 unspecified atom stereocenters. The molecule has 0 atom stereocenters. The van der Waals surface area contributed by atoms with E-state index in [-0.39, 0.29) is 22.7 Å². The van der Waals surface area contributed by atoms with Crippen molar-refractivity contribution in [2.75, 3.05) is 5.01 Å². The quantitative estimate of drug-likeness (QED) is 0.338. The first kappa shape index (κ1) is 18.9. The lowest BCUT2D eigenvalue weighted by molar-refractivity contribution is -0.255. The first-order chi connectivity index (χ1) is 13.9. The summed E-state index contributed by atoms with van der Waals surface area (Å²) in [6, 6.07) is 16.5. The number of carbonyl (C=O) groups excluding carboxylic acids is 3. The van der Waals surface area contributed by atoms with Gasteiger partial charge in [0.1, 0.15) is 17.1 Å². The lowest BCUT2D eigenvalue weighted by atomic mass is 10.1. The van der Waals surface area contributed by atoms with Gasteiger partial charge in [-0.05, 0) is 65.1 Å². The maximum Gasteiger partial charge on any atom is 0.282 e. The monoisotopic (exact) mass is 499 g/mol. The van der Waals surface area contributed by atoms with Crippen molar-refractivity contribution in [1.82, 2.24) is 5.43 Å². The van der Waals surface area contributed by atoms with E-state index in [1.54, 1.807) is 42.5 Å². The number of furan rings is 1. The molecule has 2 amide bonds. The van der Waals surface area contributed by atoms with Crippen LogP contribution in [-0.2, 0) is 9.59 Å². The number of hydrogen-bond acceptors (Lipinski definition) is 5. The number of carbonyl (C=O) groups is 3. The summed E-state index contributed by atoms with van der Waals surface area (Å²) >= 11 is 2.15. The maximum absolute atomic E-state index is 12.7. The molecule has 0 radical (unpaired) electrons. The molecule has 29 heavy (non-hydrogen) atoms. The highest BCUT2D eigenvalue weighted by Crippen LogP contribution is 2.28. The first-order valence-corrected chi connectivity index (χ1v) is 9.55. The highest BCUT2D eigenvalue weighted by molar-refractivity contribution is 14.1. The number of rotatable bonds is 4. The number of hydrazine groups is 1. The minimum absolute atomic E-state index is 0.0133. The van der Waals surface area contributed by atoms with E-state index in [1.165, 1.54) is 17.2 Å². The fourth-order valence-corrected chi connectivity index (χ4v) is 3.28. The van der Waals surface area contributed by atoms with Crippen molar-refractivity contribution < 1.29 is 23.9 Å². The lowest BCUT2D eigenvalue weighted by Crippen LogP contribution is -2.35. The van der Waals surface area contributed by atoms with Crippen molar-refractivity contribution in [1.29, 1.82) is 0 Å². The minimum Gasteiger partial charge on any atom is -0.545 e. The van der Waals surface area contributed by atoms with Gasteiger partial charge in [-0.25, -0.2) is 5.01 Å². The Kier molecular flexibility index (Phi) is 4.93. The van der Waals surface area contributed by atoms with Gasteiger partial charge in [-0.2, -0.15) is 0 Å². The first-order valence-electron chi connectivity index (χ1n) is 8.47. The number of hydrogen-bond donors (Lipinski definition) is 1. The number of carboxylic acid groups (broad SMARTS) is 1. The SMILES string of the molecule is O=C1NN(c2ccc(I)cc2)C(=O)/C1=C\c1ccc(-c2ccccc2C(=O)[O-])o1. The van der Waals surface area contributed by atoms with Crippen molar-refractivity contribution >= 4 is 52.1 Å². The third-order valence-electron chi connectivity index (χ3n) is 4.30. The Hall–Kier alpha value is -3.40. The number of halogens is 1. The van der Waals surface area contributed by atoms with Crippen molar-refractivity contribution in [3.8, 4) is 11.3 Å². The zero-order valence-electron chi connectivity index (χ0n) is 14.7. The molecule has 1 N–H and O–H groups in total. The number of benzene rings is 2. The van der Waals surface area contributed by atoms with Crippen molar-refractivity contribution in [2.45, 2.75) is 0 Å². The number of aromatic carboxylic acids is 1. The predicted octanol–water partition coefficient (Wildman–Crippen LogP) is 2.38. The third kappa shape index (κ3) is 3.66. The number of carboxylic acids is 1. The smallest absolute Gasteiger partial charge is 0.282 e. The van der Waals surface area contributed by atoms with Crippen LogP contribution in [-0.4, -0.2) is 17.8 Å². The molecule has 2 heterocycles. The molecule has 3 aromatic rings. The van der Waals surface area contributed by atoms with Gasteiger partial charge < -0.3 is 14.3 Å². The normalized spacial score (nSPS) is 15.1. The van der Waals surface area contributed by atoms with E-state index in [0.717, 1.165) is 3.57 Å². The Labute approximate surface area is 178 Å². The van der Waals surface area contributed by atoms with Crippen molar-refractivity contribution in [3.63, 3.8) is 0 Å². The van der Waals surface area contributed by atoms with E-state index in [9.17, 15) is 19.5 Å². The highest BCUT2D eigenvalue weighted by Gasteiger charge is 2.34. The molecule has 0 aliphatic carbocycles. The second-order valence-electron chi connectivity index (χ2n) is 6.15. The largest absolute Gasteiger partial charge is 0.545 e. The molecule has 4 rings (SSSR count). The lowest BCUT2D eigenvalue weighted by Gasteiger charge is -2.14. The van der Waals surface area contributed by atoms with Gasteiger partial charge in [-0.3, -0.25) is 15.0 Å². The molecule has 8 heteroatoms. The van der Waals surface area contributed by atoms with E-state index in [4.69, 9.17) is 4.42 Å². The van der Waals surface area contributed by atoms with Crippen LogP contribution in [0.2, 0.25) is 0 Å². The second kappa shape index (κ2) is 7.55. The Morgan fingerprint density at radius 3 is 2.48 bits per heavy atom. The Bertz CT molecular complexity index is 1160. The number of amides is 2. The summed E-state index contributed by atoms with van der Waals surface area (Å²) in [4.78, 5) is 36.2. The summed E-state index contributed by atoms with van der Waals surface area (Å²) in [7, 11) is 0. The van der Waals surface area contributed by atoms with Crippen LogP contribution < -0.4 is 15.5 Å². The Balaban J connectivity index is 1.64. The van der Waals surface area contributed by atoms with E-state index in [0.29, 0.717) is 11.3 Å². The molecular formula is C21H12IN2O5-. The molecule has 1 aliphatic rings. The number of nitrogens with zero attached hydrogens (tertiary/aromatic N) is 1. The molecule has 1 saturated heterocycles. The summed E-state index contributed by atoms with van der Waals surface area (Å²) in [6.45, 7) is 0. The van der Waals surface area contributed by atoms with Crippen LogP contribution in [0.4, 0.5) is 5.69 Å². The van der Waals surface area contributed by atoms with Gasteiger partial charge in [-0.15, -0.1) is 0 Å². The van der Waals surface area contributed by atoms with Crippen LogP contribution in [0.1, 0.15) is 16.1 Å². The molecule has 0 spiro atoms. The molecule has 2 aromatic carbocycles. The molecule has 1 fully saturated rings. The number of nitrogens with one attached hydrogen (secondary N) is 1. The van der Waals surface area contributed by atoms with Crippen molar-refractivity contribution in [2.24, 2.45) is 0 Å². The van der Waals surface area contributed by atoms with Crippen LogP contribution in [0.25, 0.3) is 17.4 Å². The fourth-order valence-electron chi connectivity index (χ4n) is 2.92. The van der Waals surface area contributed by atoms with E-state index in [2.05, 4.69) is 28.0 Å². The van der Waals surface area contributed by atoms with Gasteiger partial charge in [0.05, 0.1) is 11.7 Å². The average Bonchev–Trinajstić information content (AvgIpc) is 3.29. The minimum atomic E-state index is -1.32. The van der Waals surface area contributed by atoms with E-state index in [1.807, 2.05) is 12.1 Å². The standard InChI is InChI=1S/C21H13IN2O5/c22-12-5-7-13(8-6-12)24-20(26)17(19(25)23-24)11-14-9-10-18(29-14)15-3-1-2-4-16(15)21(27)28/h1-11H,(H,23,25)(H,27,28)/p-1/b17-11-. The van der Waals surface area contributed by atoms with Gasteiger partial charge in [0.2, 0.25) is 0 Å². The van der Waals surface area contributed by atoms with Crippen molar-refractivity contribution in [3.05, 3.63) is 81.1 Å². The second-order valence-corrected chi connectivity index (χ2v) is 7.40. The van der Waals surface area contributed by atoms with Crippen LogP contribution in [0.5, 0.6) is 0 Å². The average molecular weight is 499 g/mol. The van der Waals surface area contributed by atoms with Gasteiger partial charge in [0.25, 0.3) is 11.8 Å². The maximum atomic E-state index is 12.7. The topological polar surface area (TPSA) is 103 Å². The predicted molar refractivity (Wildman–Crippen MR) is 111 cm³/mol. The van der Waals surface area contributed by atoms with Gasteiger partial charge in [0.15, 0.2) is 0 Å². The summed E-state index contributed by atoms with van der Waals surface area (Å²) in [5, 5.41) is 12.5. The fraction of sp³-hybridized carbons (Fsp3) is 0. The van der Waals surface area contributed by atoms with Gasteiger partial charge in [0, 0.05) is 14.7 Å². The molecule has 144 valence electrons. The Morgan fingerprint density at radius 2 is 1.76 bits per heavy atom. The molecule has 7 nitrogen and oxygen atoms in total. The summed E-state index contributed by atoms with van der Waals surface area (Å²) < 4.78 is 6.66. The van der Waals surface area contributed by atoms with E-state index >= 15 is 0 Å². The molecular weight excluding hydrogens is 487 g/mol. The van der Waals surface area contributed by atoms with E-state index < -0.39 is 17.8 Å². The Morgan fingerprint density at radius 1 is 1.03 bits per heavy atom. The molecule has 1 aromatic heterocycles. The highest BCUT2D eigenvalue weighted by atomic mass is 127. The zero-order valence-corrected chi connectivity index (χ0v) is 16.9. The van der Waals surface area contributed by atoms with Gasteiger partial charge >= 0.3 is 0 Å². The molecule has 0 saturated carbocycles. The molecule has 0 bridgehead atoms. The summed E-state index contributed by atoms with van der Waals surface area (Å²) in [5.74, 6) is -1.85. The third-order valence-corrected chi connectivity index (χ3v) is 5.02. The van der Waals surface area contributed by atoms with Crippen LogP contribution in [0, 0.1) is 3.57 Å². The van der Waals surface area contributed by atoms with Crippen LogP contribution in [0.15, 0.2) is 70.7 Å². The summed E-state index contributed by atoms with van der Waals surface area (Å²) in [5.41, 5.74) is 3.30. The van der Waals surface area contributed by atoms with Gasteiger partial charge in [-0.1, -0.05) is 24.3 Å². The van der Waals surface area contributed by atoms with Crippen LogP contribution >= 0.6 is 22.6 Å².